The first-order valence-electron chi connectivity index (χ1n) is 4.66. The van der Waals surface area contributed by atoms with E-state index in [1.807, 2.05) is 6.08 Å². The van der Waals surface area contributed by atoms with Crippen LogP contribution in [0.3, 0.4) is 0 Å². The minimum atomic E-state index is 0.241. The number of hydrogen-bond donors (Lipinski definition) is 1. The molecule has 0 heterocycles. The lowest BCUT2D eigenvalue weighted by atomic mass is 10.0. The summed E-state index contributed by atoms with van der Waals surface area (Å²) in [5, 5.41) is 0. The van der Waals surface area contributed by atoms with Crippen LogP contribution < -0.4 is 5.73 Å². The summed E-state index contributed by atoms with van der Waals surface area (Å²) in [7, 11) is 0. The highest BCUT2D eigenvalue weighted by Crippen LogP contribution is 2.53. The molecule has 2 N–H and O–H groups in total. The highest BCUT2D eigenvalue weighted by atomic mass is 14.7. The fraction of sp³-hybridized carbons (Fsp3) is 0.636. The molecule has 0 spiro atoms. The van der Waals surface area contributed by atoms with E-state index in [-0.39, 0.29) is 5.41 Å². The molecule has 1 aliphatic rings. The van der Waals surface area contributed by atoms with E-state index in [1.165, 1.54) is 6.42 Å². The van der Waals surface area contributed by atoms with Crippen LogP contribution in [0, 0.1) is 17.3 Å². The third-order valence-electron chi connectivity index (χ3n) is 2.69. The zero-order valence-electron chi connectivity index (χ0n) is 8.09. The standard InChI is InChI=1S/C11H19N/c1-4-11(8-12)7-10(11)6-5-9(2)3/h4-6,9-10H,1,7-8,12H2,2-3H3/b6-5-/t10?,11-/m0/s1. The van der Waals surface area contributed by atoms with Crippen LogP contribution in [-0.2, 0) is 0 Å². The predicted molar refractivity (Wildman–Crippen MR) is 53.8 cm³/mol. The van der Waals surface area contributed by atoms with Crippen molar-refractivity contribution in [2.45, 2.75) is 20.3 Å². The second-order valence-electron chi connectivity index (χ2n) is 4.08. The van der Waals surface area contributed by atoms with Gasteiger partial charge in [0.2, 0.25) is 0 Å². The molecule has 1 nitrogen and oxygen atoms in total. The quantitative estimate of drug-likeness (QED) is 0.636. The molecule has 68 valence electrons. The van der Waals surface area contributed by atoms with E-state index in [1.54, 1.807) is 0 Å². The summed E-state index contributed by atoms with van der Waals surface area (Å²) in [5.74, 6) is 1.30. The molecule has 1 unspecified atom stereocenters. The Hall–Kier alpha value is -0.560. The Balaban J connectivity index is 2.45. The molecule has 0 aromatic heterocycles. The molecule has 1 heteroatoms. The molecule has 1 fully saturated rings. The van der Waals surface area contributed by atoms with Crippen molar-refractivity contribution >= 4 is 0 Å². The van der Waals surface area contributed by atoms with Gasteiger partial charge in [-0.2, -0.15) is 0 Å². The van der Waals surface area contributed by atoms with Gasteiger partial charge in [0.25, 0.3) is 0 Å². The van der Waals surface area contributed by atoms with Crippen LogP contribution >= 0.6 is 0 Å². The van der Waals surface area contributed by atoms with Gasteiger partial charge in [-0.25, -0.2) is 0 Å². The molecule has 0 saturated heterocycles. The molecule has 0 bridgehead atoms. The Morgan fingerprint density at radius 1 is 1.67 bits per heavy atom. The van der Waals surface area contributed by atoms with Crippen LogP contribution in [-0.4, -0.2) is 6.54 Å². The van der Waals surface area contributed by atoms with Gasteiger partial charge >= 0.3 is 0 Å². The summed E-state index contributed by atoms with van der Waals surface area (Å²) in [5.41, 5.74) is 5.91. The molecule has 0 aliphatic heterocycles. The summed E-state index contributed by atoms with van der Waals surface area (Å²) in [6, 6.07) is 0. The maximum atomic E-state index is 5.67. The van der Waals surface area contributed by atoms with Crippen LogP contribution in [0.1, 0.15) is 20.3 Å². The van der Waals surface area contributed by atoms with E-state index in [9.17, 15) is 0 Å². The first-order valence-corrected chi connectivity index (χ1v) is 4.66. The smallest absolute Gasteiger partial charge is 0.00706 e. The molecule has 12 heavy (non-hydrogen) atoms. The van der Waals surface area contributed by atoms with Gasteiger partial charge < -0.3 is 5.73 Å². The van der Waals surface area contributed by atoms with Gasteiger partial charge in [-0.3, -0.25) is 0 Å². The van der Waals surface area contributed by atoms with Crippen LogP contribution in [0.5, 0.6) is 0 Å². The minimum Gasteiger partial charge on any atom is -0.330 e. The molecular weight excluding hydrogens is 146 g/mol. The van der Waals surface area contributed by atoms with E-state index in [2.05, 4.69) is 32.6 Å². The summed E-state index contributed by atoms with van der Waals surface area (Å²) >= 11 is 0. The Morgan fingerprint density at radius 2 is 2.33 bits per heavy atom. The first kappa shape index (κ1) is 9.53. The van der Waals surface area contributed by atoms with Gasteiger partial charge in [-0.15, -0.1) is 6.58 Å². The zero-order valence-corrected chi connectivity index (χ0v) is 8.09. The van der Waals surface area contributed by atoms with Gasteiger partial charge in [-0.05, 0) is 18.3 Å². The van der Waals surface area contributed by atoms with Gasteiger partial charge in [0.1, 0.15) is 0 Å². The molecular formula is C11H19N. The van der Waals surface area contributed by atoms with Crippen molar-refractivity contribution in [3.05, 3.63) is 24.8 Å². The van der Waals surface area contributed by atoms with Crippen molar-refractivity contribution in [2.75, 3.05) is 6.54 Å². The van der Waals surface area contributed by atoms with Crippen molar-refractivity contribution < 1.29 is 0 Å². The Labute approximate surface area is 75.3 Å². The summed E-state index contributed by atoms with van der Waals surface area (Å²) in [6.07, 6.45) is 7.75. The van der Waals surface area contributed by atoms with Crippen molar-refractivity contribution in [1.29, 1.82) is 0 Å². The van der Waals surface area contributed by atoms with E-state index in [4.69, 9.17) is 5.73 Å². The monoisotopic (exact) mass is 165 g/mol. The molecule has 2 atom stereocenters. The van der Waals surface area contributed by atoms with E-state index in [0.29, 0.717) is 11.8 Å². The molecule has 1 aliphatic carbocycles. The summed E-state index contributed by atoms with van der Waals surface area (Å²) in [6.45, 7) is 8.95. The molecule has 0 aromatic rings. The predicted octanol–water partition coefficient (Wildman–Crippen LogP) is 2.35. The lowest BCUT2D eigenvalue weighted by molar-refractivity contribution is 0.627. The van der Waals surface area contributed by atoms with Gasteiger partial charge in [0, 0.05) is 12.0 Å². The zero-order chi connectivity index (χ0) is 9.19. The fourth-order valence-electron chi connectivity index (χ4n) is 1.52. The highest BCUT2D eigenvalue weighted by Gasteiger charge is 2.48. The SMILES string of the molecule is C=C[C@@]1(CN)CC1/C=C\C(C)C. The van der Waals surface area contributed by atoms with E-state index < -0.39 is 0 Å². The second-order valence-corrected chi connectivity index (χ2v) is 4.08. The third kappa shape index (κ3) is 1.78. The fourth-order valence-corrected chi connectivity index (χ4v) is 1.52. The van der Waals surface area contributed by atoms with Crippen LogP contribution in [0.25, 0.3) is 0 Å². The van der Waals surface area contributed by atoms with Gasteiger partial charge in [-0.1, -0.05) is 32.1 Å². The number of rotatable bonds is 4. The maximum Gasteiger partial charge on any atom is 0.00706 e. The van der Waals surface area contributed by atoms with E-state index >= 15 is 0 Å². The molecule has 0 aromatic carbocycles. The summed E-state index contributed by atoms with van der Waals surface area (Å²) < 4.78 is 0. The third-order valence-corrected chi connectivity index (χ3v) is 2.69. The van der Waals surface area contributed by atoms with Crippen LogP contribution in [0.15, 0.2) is 24.8 Å². The first-order chi connectivity index (χ1) is 5.64. The van der Waals surface area contributed by atoms with E-state index in [0.717, 1.165) is 6.54 Å². The Bertz CT molecular complexity index is 193. The minimum absolute atomic E-state index is 0.241. The molecule has 0 amide bonds. The van der Waals surface area contributed by atoms with Crippen molar-refractivity contribution in [3.8, 4) is 0 Å². The summed E-state index contributed by atoms with van der Waals surface area (Å²) in [4.78, 5) is 0. The number of nitrogens with two attached hydrogens (primary N) is 1. The Kier molecular flexibility index (Phi) is 2.73. The van der Waals surface area contributed by atoms with Gasteiger partial charge in [0.15, 0.2) is 0 Å². The van der Waals surface area contributed by atoms with Crippen molar-refractivity contribution in [1.82, 2.24) is 0 Å². The van der Waals surface area contributed by atoms with Crippen molar-refractivity contribution in [2.24, 2.45) is 23.0 Å². The topological polar surface area (TPSA) is 26.0 Å². The lowest BCUT2D eigenvalue weighted by Crippen LogP contribution is -2.14. The number of hydrogen-bond acceptors (Lipinski definition) is 1. The largest absolute Gasteiger partial charge is 0.330 e. The normalized spacial score (nSPS) is 34.5. The lowest BCUT2D eigenvalue weighted by Gasteiger charge is -2.05. The van der Waals surface area contributed by atoms with Crippen LogP contribution in [0.2, 0.25) is 0 Å². The van der Waals surface area contributed by atoms with Crippen molar-refractivity contribution in [3.63, 3.8) is 0 Å². The molecule has 0 radical (unpaired) electrons. The van der Waals surface area contributed by atoms with Gasteiger partial charge in [0.05, 0.1) is 0 Å². The second kappa shape index (κ2) is 3.44. The average Bonchev–Trinajstić information content (AvgIpc) is 2.76. The average molecular weight is 165 g/mol. The number of allylic oxidation sites excluding steroid dienone is 2. The molecule has 1 saturated carbocycles. The van der Waals surface area contributed by atoms with Crippen LogP contribution in [0.4, 0.5) is 0 Å². The highest BCUT2D eigenvalue weighted by molar-refractivity contribution is 5.20. The maximum absolute atomic E-state index is 5.67. The Morgan fingerprint density at radius 3 is 2.67 bits per heavy atom. The molecule has 1 rings (SSSR count).